The molecule has 0 bridgehead atoms. The zero-order valence-electron chi connectivity index (χ0n) is 16.8. The first kappa shape index (κ1) is 20.3. The predicted molar refractivity (Wildman–Crippen MR) is 115 cm³/mol. The number of thioether (sulfide) groups is 1. The Morgan fingerprint density at radius 3 is 2.60 bits per heavy atom. The van der Waals surface area contributed by atoms with Crippen molar-refractivity contribution in [3.8, 4) is 11.5 Å². The lowest BCUT2D eigenvalue weighted by Gasteiger charge is -2.27. The van der Waals surface area contributed by atoms with Crippen molar-refractivity contribution in [2.45, 2.75) is 4.90 Å². The van der Waals surface area contributed by atoms with Gasteiger partial charge >= 0.3 is 0 Å². The number of hydrogen-bond acceptors (Lipinski definition) is 6. The molecule has 156 valence electrons. The summed E-state index contributed by atoms with van der Waals surface area (Å²) in [5, 5.41) is 2.90. The standard InChI is InChI=1S/C22H22N2O5S/c1-27-17-5-3-14(11-18(17)28-2)12-20-21(25)23-16-13-15(4-6-19(16)30-20)22(26)24-7-9-29-10-8-24/h3-6,11-13H,7-10H2,1-2H3,(H,23,25). The molecule has 2 aliphatic rings. The number of amides is 2. The van der Waals surface area contributed by atoms with E-state index in [0.29, 0.717) is 54.0 Å². The SMILES string of the molecule is COc1ccc(C=C2Sc3ccc(C(=O)N4CCOCC4)cc3NC2=O)cc1OC. The second kappa shape index (κ2) is 8.81. The van der Waals surface area contributed by atoms with Crippen LogP contribution in [-0.4, -0.2) is 57.2 Å². The first-order valence-electron chi connectivity index (χ1n) is 9.53. The summed E-state index contributed by atoms with van der Waals surface area (Å²) < 4.78 is 15.9. The Balaban J connectivity index is 1.56. The van der Waals surface area contributed by atoms with Crippen LogP contribution < -0.4 is 14.8 Å². The van der Waals surface area contributed by atoms with Crippen molar-refractivity contribution in [1.29, 1.82) is 0 Å². The molecule has 2 aromatic carbocycles. The molecule has 0 atom stereocenters. The van der Waals surface area contributed by atoms with Gasteiger partial charge in [-0.05, 0) is 42.0 Å². The highest BCUT2D eigenvalue weighted by Gasteiger charge is 2.24. The number of carbonyl (C=O) groups is 2. The van der Waals surface area contributed by atoms with Crippen molar-refractivity contribution in [3.05, 3.63) is 52.4 Å². The van der Waals surface area contributed by atoms with Crippen LogP contribution in [0, 0.1) is 0 Å². The fraction of sp³-hybridized carbons (Fsp3) is 0.273. The van der Waals surface area contributed by atoms with Gasteiger partial charge in [-0.2, -0.15) is 0 Å². The second-order valence-corrected chi connectivity index (χ2v) is 7.88. The van der Waals surface area contributed by atoms with E-state index in [2.05, 4.69) is 5.32 Å². The fourth-order valence-corrected chi connectivity index (χ4v) is 4.27. The van der Waals surface area contributed by atoms with E-state index in [-0.39, 0.29) is 11.8 Å². The lowest BCUT2D eigenvalue weighted by Crippen LogP contribution is -2.40. The normalized spacial score (nSPS) is 17.3. The Labute approximate surface area is 179 Å². The van der Waals surface area contributed by atoms with E-state index >= 15 is 0 Å². The van der Waals surface area contributed by atoms with Crippen molar-refractivity contribution < 1.29 is 23.8 Å². The van der Waals surface area contributed by atoms with Crippen LogP contribution in [0.1, 0.15) is 15.9 Å². The second-order valence-electron chi connectivity index (χ2n) is 6.79. The molecule has 8 heteroatoms. The largest absolute Gasteiger partial charge is 0.493 e. The van der Waals surface area contributed by atoms with Crippen LogP contribution in [-0.2, 0) is 9.53 Å². The van der Waals surface area contributed by atoms with E-state index < -0.39 is 0 Å². The fourth-order valence-electron chi connectivity index (χ4n) is 3.34. The van der Waals surface area contributed by atoms with Crippen LogP contribution in [0.2, 0.25) is 0 Å². The number of nitrogens with zero attached hydrogens (tertiary/aromatic N) is 1. The predicted octanol–water partition coefficient (Wildman–Crippen LogP) is 3.26. The highest BCUT2D eigenvalue weighted by atomic mass is 32.2. The lowest BCUT2D eigenvalue weighted by atomic mass is 10.1. The molecule has 1 N–H and O–H groups in total. The number of rotatable bonds is 4. The maximum absolute atomic E-state index is 12.7. The van der Waals surface area contributed by atoms with Gasteiger partial charge in [0.2, 0.25) is 0 Å². The van der Waals surface area contributed by atoms with Crippen LogP contribution >= 0.6 is 11.8 Å². The topological polar surface area (TPSA) is 77.1 Å². The molecule has 0 saturated carbocycles. The number of methoxy groups -OCH3 is 2. The molecule has 2 aromatic rings. The van der Waals surface area contributed by atoms with Crippen molar-refractivity contribution >= 4 is 35.3 Å². The van der Waals surface area contributed by atoms with E-state index in [1.54, 1.807) is 43.4 Å². The van der Waals surface area contributed by atoms with Gasteiger partial charge in [0.15, 0.2) is 11.5 Å². The van der Waals surface area contributed by atoms with E-state index in [1.807, 2.05) is 18.2 Å². The summed E-state index contributed by atoms with van der Waals surface area (Å²) in [4.78, 5) is 28.6. The molecular weight excluding hydrogens is 404 g/mol. The molecule has 0 radical (unpaired) electrons. The Kier molecular flexibility index (Phi) is 5.96. The van der Waals surface area contributed by atoms with Crippen LogP contribution in [0.25, 0.3) is 6.08 Å². The van der Waals surface area contributed by atoms with Gasteiger partial charge in [0.1, 0.15) is 0 Å². The Morgan fingerprint density at radius 1 is 1.10 bits per heavy atom. The molecule has 30 heavy (non-hydrogen) atoms. The third kappa shape index (κ3) is 4.15. The van der Waals surface area contributed by atoms with Gasteiger partial charge in [0, 0.05) is 23.5 Å². The molecule has 4 rings (SSSR count). The number of benzene rings is 2. The highest BCUT2D eigenvalue weighted by Crippen LogP contribution is 2.40. The van der Waals surface area contributed by atoms with Crippen LogP contribution in [0.5, 0.6) is 11.5 Å². The Morgan fingerprint density at radius 2 is 1.87 bits per heavy atom. The number of fused-ring (bicyclic) bond motifs is 1. The third-order valence-electron chi connectivity index (χ3n) is 4.92. The molecule has 0 unspecified atom stereocenters. The molecule has 2 aliphatic heterocycles. The van der Waals surface area contributed by atoms with Crippen molar-refractivity contribution in [3.63, 3.8) is 0 Å². The summed E-state index contributed by atoms with van der Waals surface area (Å²) in [6, 6.07) is 10.9. The maximum atomic E-state index is 12.7. The van der Waals surface area contributed by atoms with E-state index in [0.717, 1.165) is 10.5 Å². The summed E-state index contributed by atoms with van der Waals surface area (Å²) in [6.45, 7) is 2.26. The first-order valence-corrected chi connectivity index (χ1v) is 10.3. The zero-order valence-corrected chi connectivity index (χ0v) is 17.6. The Hall–Kier alpha value is -2.97. The minimum absolute atomic E-state index is 0.0491. The average molecular weight is 426 g/mol. The van der Waals surface area contributed by atoms with Gasteiger partial charge in [0.25, 0.3) is 11.8 Å². The number of carbonyl (C=O) groups excluding carboxylic acids is 2. The molecule has 0 aromatic heterocycles. The van der Waals surface area contributed by atoms with Gasteiger partial charge in [0.05, 0.1) is 38.0 Å². The number of anilines is 1. The van der Waals surface area contributed by atoms with Crippen molar-refractivity contribution in [2.75, 3.05) is 45.8 Å². The molecule has 0 spiro atoms. The molecule has 2 heterocycles. The molecule has 0 aliphatic carbocycles. The molecule has 1 saturated heterocycles. The first-order chi connectivity index (χ1) is 14.6. The molecule has 2 amide bonds. The summed E-state index contributed by atoms with van der Waals surface area (Å²) in [5.41, 5.74) is 2.03. The van der Waals surface area contributed by atoms with Gasteiger partial charge in [-0.3, -0.25) is 9.59 Å². The van der Waals surface area contributed by atoms with E-state index in [1.165, 1.54) is 11.8 Å². The molecule has 1 fully saturated rings. The van der Waals surface area contributed by atoms with Crippen LogP contribution in [0.15, 0.2) is 46.2 Å². The molecular formula is C22H22N2O5S. The van der Waals surface area contributed by atoms with Gasteiger partial charge in [-0.15, -0.1) is 0 Å². The lowest BCUT2D eigenvalue weighted by molar-refractivity contribution is -0.112. The summed E-state index contributed by atoms with van der Waals surface area (Å²) in [7, 11) is 3.15. The van der Waals surface area contributed by atoms with E-state index in [4.69, 9.17) is 14.2 Å². The number of morpholine rings is 1. The van der Waals surface area contributed by atoms with Crippen molar-refractivity contribution in [1.82, 2.24) is 4.90 Å². The summed E-state index contributed by atoms with van der Waals surface area (Å²) >= 11 is 1.37. The summed E-state index contributed by atoms with van der Waals surface area (Å²) in [5.74, 6) is 0.966. The maximum Gasteiger partial charge on any atom is 0.262 e. The van der Waals surface area contributed by atoms with Gasteiger partial charge in [-0.1, -0.05) is 17.8 Å². The number of ether oxygens (including phenoxy) is 3. The van der Waals surface area contributed by atoms with E-state index in [9.17, 15) is 9.59 Å². The zero-order chi connectivity index (χ0) is 21.1. The quantitative estimate of drug-likeness (QED) is 0.757. The number of hydrogen-bond donors (Lipinski definition) is 1. The molecule has 7 nitrogen and oxygen atoms in total. The average Bonchev–Trinajstić information content (AvgIpc) is 2.79. The smallest absolute Gasteiger partial charge is 0.262 e. The van der Waals surface area contributed by atoms with Crippen molar-refractivity contribution in [2.24, 2.45) is 0 Å². The minimum atomic E-state index is -0.210. The number of nitrogens with one attached hydrogen (secondary N) is 1. The highest BCUT2D eigenvalue weighted by molar-refractivity contribution is 8.04. The monoisotopic (exact) mass is 426 g/mol. The third-order valence-corrected chi connectivity index (χ3v) is 6.02. The van der Waals surface area contributed by atoms with Gasteiger partial charge < -0.3 is 24.4 Å². The summed E-state index contributed by atoms with van der Waals surface area (Å²) in [6.07, 6.45) is 1.80. The minimum Gasteiger partial charge on any atom is -0.493 e. The Bertz CT molecular complexity index is 1010. The van der Waals surface area contributed by atoms with Gasteiger partial charge in [-0.25, -0.2) is 0 Å². The van der Waals surface area contributed by atoms with Crippen LogP contribution in [0.3, 0.4) is 0 Å². The van der Waals surface area contributed by atoms with Crippen LogP contribution in [0.4, 0.5) is 5.69 Å².